The smallest absolute Gasteiger partial charge is 0.139 e. The fourth-order valence-electron chi connectivity index (χ4n) is 3.37. The summed E-state index contributed by atoms with van der Waals surface area (Å²) in [5.74, 6) is -0.281. The summed E-state index contributed by atoms with van der Waals surface area (Å²) in [5.41, 5.74) is 12.3. The molecule has 0 saturated heterocycles. The predicted octanol–water partition coefficient (Wildman–Crippen LogP) is 3.48. The Balaban J connectivity index is 1.90. The third-order valence-electron chi connectivity index (χ3n) is 4.50. The Labute approximate surface area is 128 Å². The molecule has 0 spiro atoms. The lowest BCUT2D eigenvalue weighted by Crippen LogP contribution is -2.04. The topological polar surface area (TPSA) is 43.3 Å². The van der Waals surface area contributed by atoms with Gasteiger partial charge in [-0.15, -0.1) is 0 Å². The summed E-state index contributed by atoms with van der Waals surface area (Å²) in [6.45, 7) is 0.330. The number of aromatic nitrogens is 2. The summed E-state index contributed by atoms with van der Waals surface area (Å²) < 4.78 is 15.3. The molecule has 1 aromatic carbocycles. The minimum absolute atomic E-state index is 0.281. The highest BCUT2D eigenvalue weighted by atomic mass is 19.1. The van der Waals surface area contributed by atoms with Gasteiger partial charge >= 0.3 is 0 Å². The highest BCUT2D eigenvalue weighted by Gasteiger charge is 2.16. The zero-order chi connectivity index (χ0) is 15.1. The van der Waals surface area contributed by atoms with Crippen LogP contribution in [0.5, 0.6) is 0 Å². The van der Waals surface area contributed by atoms with Gasteiger partial charge in [0, 0.05) is 18.3 Å². The van der Waals surface area contributed by atoms with E-state index in [4.69, 9.17) is 5.73 Å². The molecule has 2 heterocycles. The average Bonchev–Trinajstić information content (AvgIpc) is 2.92. The Kier molecular flexibility index (Phi) is 3.19. The fourth-order valence-corrected chi connectivity index (χ4v) is 3.37. The molecule has 3 aromatic rings. The van der Waals surface area contributed by atoms with Crippen LogP contribution in [0.15, 0.2) is 36.5 Å². The number of rotatable bonds is 2. The van der Waals surface area contributed by atoms with Crippen LogP contribution >= 0.6 is 0 Å². The van der Waals surface area contributed by atoms with Gasteiger partial charge in [-0.3, -0.25) is 4.40 Å². The Hall–Kier alpha value is -2.20. The van der Waals surface area contributed by atoms with Crippen LogP contribution < -0.4 is 5.73 Å². The Morgan fingerprint density at radius 3 is 2.73 bits per heavy atom. The number of hydrogen-bond acceptors (Lipinski definition) is 2. The number of fused-ring (bicyclic) bond motifs is 2. The fraction of sp³-hybridized carbons (Fsp3) is 0.278. The van der Waals surface area contributed by atoms with E-state index in [2.05, 4.69) is 23.2 Å². The van der Waals surface area contributed by atoms with Crippen molar-refractivity contribution in [2.45, 2.75) is 32.2 Å². The summed E-state index contributed by atoms with van der Waals surface area (Å²) in [7, 11) is 0. The van der Waals surface area contributed by atoms with Gasteiger partial charge in [0.25, 0.3) is 0 Å². The maximum atomic E-state index is 13.5. The SMILES string of the molecule is NCc1c(-c2ccc3c(c2)CCCC3)nc2ccc(F)cn12. The van der Waals surface area contributed by atoms with Gasteiger partial charge in [-0.1, -0.05) is 12.1 Å². The summed E-state index contributed by atoms with van der Waals surface area (Å²) in [5, 5.41) is 0. The molecule has 0 bridgehead atoms. The molecule has 4 heteroatoms. The van der Waals surface area contributed by atoms with Crippen LogP contribution in [0.4, 0.5) is 4.39 Å². The van der Waals surface area contributed by atoms with Gasteiger partial charge in [0.05, 0.1) is 11.4 Å². The molecule has 0 saturated carbocycles. The number of aryl methyl sites for hydroxylation is 2. The van der Waals surface area contributed by atoms with Crippen LogP contribution in [0.2, 0.25) is 0 Å². The zero-order valence-electron chi connectivity index (χ0n) is 12.3. The second-order valence-electron chi connectivity index (χ2n) is 5.88. The van der Waals surface area contributed by atoms with Crippen LogP contribution in [0.3, 0.4) is 0 Å². The first-order valence-electron chi connectivity index (χ1n) is 7.75. The average molecular weight is 295 g/mol. The van der Waals surface area contributed by atoms with Crippen molar-refractivity contribution in [2.24, 2.45) is 5.73 Å². The molecule has 0 radical (unpaired) electrons. The lowest BCUT2D eigenvalue weighted by Gasteiger charge is -2.16. The molecule has 1 aliphatic carbocycles. The van der Waals surface area contributed by atoms with E-state index in [-0.39, 0.29) is 5.82 Å². The lowest BCUT2D eigenvalue weighted by atomic mass is 9.90. The zero-order valence-corrected chi connectivity index (χ0v) is 12.3. The van der Waals surface area contributed by atoms with Gasteiger partial charge in [0.1, 0.15) is 11.5 Å². The van der Waals surface area contributed by atoms with Gasteiger partial charge < -0.3 is 5.73 Å². The van der Waals surface area contributed by atoms with Crippen molar-refractivity contribution in [2.75, 3.05) is 0 Å². The Morgan fingerprint density at radius 1 is 1.09 bits per heavy atom. The highest BCUT2D eigenvalue weighted by Crippen LogP contribution is 2.29. The number of halogens is 1. The molecule has 0 atom stereocenters. The highest BCUT2D eigenvalue weighted by molar-refractivity contribution is 5.68. The standard InChI is InChI=1S/C18H18FN3/c19-15-7-8-17-21-18(16(10-20)22(17)11-15)14-6-5-12-3-1-2-4-13(12)9-14/h5-9,11H,1-4,10,20H2. The molecule has 4 rings (SSSR count). The van der Waals surface area contributed by atoms with E-state index in [1.54, 1.807) is 10.5 Å². The Bertz CT molecular complexity index is 851. The quantitative estimate of drug-likeness (QED) is 0.786. The first kappa shape index (κ1) is 13.5. The Morgan fingerprint density at radius 2 is 1.91 bits per heavy atom. The largest absolute Gasteiger partial charge is 0.325 e. The number of imidazole rings is 1. The molecule has 2 N–H and O–H groups in total. The number of nitrogens with two attached hydrogens (primary N) is 1. The monoisotopic (exact) mass is 295 g/mol. The number of nitrogens with zero attached hydrogens (tertiary/aromatic N) is 2. The summed E-state index contributed by atoms with van der Waals surface area (Å²) in [6, 6.07) is 9.66. The molecule has 112 valence electrons. The van der Waals surface area contributed by atoms with Crippen molar-refractivity contribution in [1.82, 2.24) is 9.38 Å². The van der Waals surface area contributed by atoms with Crippen molar-refractivity contribution in [3.63, 3.8) is 0 Å². The predicted molar refractivity (Wildman–Crippen MR) is 85.1 cm³/mol. The number of hydrogen-bond donors (Lipinski definition) is 1. The molecule has 3 nitrogen and oxygen atoms in total. The third kappa shape index (κ3) is 2.11. The van der Waals surface area contributed by atoms with Crippen LogP contribution in [-0.2, 0) is 19.4 Å². The van der Waals surface area contributed by atoms with Crippen LogP contribution in [0, 0.1) is 5.82 Å². The molecule has 22 heavy (non-hydrogen) atoms. The molecular weight excluding hydrogens is 277 g/mol. The van der Waals surface area contributed by atoms with Gasteiger partial charge in [-0.25, -0.2) is 9.37 Å². The van der Waals surface area contributed by atoms with E-state index in [0.29, 0.717) is 6.54 Å². The van der Waals surface area contributed by atoms with E-state index in [0.717, 1.165) is 35.4 Å². The van der Waals surface area contributed by atoms with Crippen molar-refractivity contribution < 1.29 is 4.39 Å². The maximum Gasteiger partial charge on any atom is 0.139 e. The van der Waals surface area contributed by atoms with Gasteiger partial charge in [0.15, 0.2) is 0 Å². The first-order valence-corrected chi connectivity index (χ1v) is 7.75. The van der Waals surface area contributed by atoms with Crippen LogP contribution in [0.25, 0.3) is 16.9 Å². The lowest BCUT2D eigenvalue weighted by molar-refractivity contribution is 0.618. The number of pyridine rings is 1. The van der Waals surface area contributed by atoms with Crippen LogP contribution in [-0.4, -0.2) is 9.38 Å². The summed E-state index contributed by atoms with van der Waals surface area (Å²) >= 11 is 0. The van der Waals surface area contributed by atoms with Gasteiger partial charge in [0.2, 0.25) is 0 Å². The normalized spacial score (nSPS) is 14.3. The van der Waals surface area contributed by atoms with Crippen molar-refractivity contribution in [3.05, 3.63) is 59.2 Å². The molecule has 0 unspecified atom stereocenters. The third-order valence-corrected chi connectivity index (χ3v) is 4.50. The molecule has 0 aliphatic heterocycles. The first-order chi connectivity index (χ1) is 10.8. The minimum atomic E-state index is -0.281. The number of benzene rings is 1. The second-order valence-corrected chi connectivity index (χ2v) is 5.88. The van der Waals surface area contributed by atoms with Crippen molar-refractivity contribution in [1.29, 1.82) is 0 Å². The molecule has 0 fully saturated rings. The summed E-state index contributed by atoms with van der Waals surface area (Å²) in [6.07, 6.45) is 6.26. The molecule has 0 amide bonds. The van der Waals surface area contributed by atoms with E-state index in [9.17, 15) is 4.39 Å². The second kappa shape index (κ2) is 5.21. The minimum Gasteiger partial charge on any atom is -0.325 e. The van der Waals surface area contributed by atoms with E-state index in [1.807, 2.05) is 0 Å². The van der Waals surface area contributed by atoms with E-state index < -0.39 is 0 Å². The van der Waals surface area contributed by atoms with Crippen molar-refractivity contribution >= 4 is 5.65 Å². The maximum absolute atomic E-state index is 13.5. The van der Waals surface area contributed by atoms with Crippen LogP contribution in [0.1, 0.15) is 29.7 Å². The van der Waals surface area contributed by atoms with E-state index in [1.165, 1.54) is 36.2 Å². The summed E-state index contributed by atoms with van der Waals surface area (Å²) in [4.78, 5) is 4.66. The van der Waals surface area contributed by atoms with Gasteiger partial charge in [-0.2, -0.15) is 0 Å². The van der Waals surface area contributed by atoms with Crippen molar-refractivity contribution in [3.8, 4) is 11.3 Å². The molecule has 2 aromatic heterocycles. The van der Waals surface area contributed by atoms with E-state index >= 15 is 0 Å². The molecule has 1 aliphatic rings. The van der Waals surface area contributed by atoms with Gasteiger partial charge in [-0.05, 0) is 55.0 Å². The molecular formula is C18H18FN3.